The fraction of sp³-hybridized carbons (Fsp3) is 0.429. The number of benzene rings is 2. The van der Waals surface area contributed by atoms with Crippen LogP contribution in [0.2, 0.25) is 0 Å². The molecule has 1 spiro atoms. The summed E-state index contributed by atoms with van der Waals surface area (Å²) in [7, 11) is 0. The Kier molecular flexibility index (Phi) is 3.70. The van der Waals surface area contributed by atoms with E-state index in [0.29, 0.717) is 17.6 Å². The quantitative estimate of drug-likeness (QED) is 0.540. The molecule has 29 heavy (non-hydrogen) atoms. The lowest BCUT2D eigenvalue weighted by Crippen LogP contribution is -2.34. The number of allylic oxidation sites excluding steroid dienone is 5. The van der Waals surface area contributed by atoms with E-state index in [9.17, 15) is 5.11 Å². The van der Waals surface area contributed by atoms with Gasteiger partial charge in [-0.25, -0.2) is 0 Å². The first-order chi connectivity index (χ1) is 14.2. The van der Waals surface area contributed by atoms with Crippen molar-refractivity contribution in [3.05, 3.63) is 70.8 Å². The monoisotopic (exact) mass is 382 g/mol. The molecule has 0 radical (unpaired) electrons. The Morgan fingerprint density at radius 1 is 1.07 bits per heavy atom. The van der Waals surface area contributed by atoms with Gasteiger partial charge in [0, 0.05) is 10.8 Å². The van der Waals surface area contributed by atoms with E-state index in [4.69, 9.17) is 6.58 Å². The van der Waals surface area contributed by atoms with Crippen LogP contribution in [0.15, 0.2) is 54.1 Å². The molecule has 0 heterocycles. The Labute approximate surface area is 173 Å². The number of hydrogen-bond acceptors (Lipinski definition) is 1. The number of phenols is 1. The van der Waals surface area contributed by atoms with Gasteiger partial charge in [-0.05, 0) is 89.3 Å². The average Bonchev–Trinajstić information content (AvgIpc) is 3.24. The maximum atomic E-state index is 11.1. The van der Waals surface area contributed by atoms with E-state index in [-0.39, 0.29) is 5.41 Å². The summed E-state index contributed by atoms with van der Waals surface area (Å²) in [6, 6.07) is 8.70. The van der Waals surface area contributed by atoms with E-state index < -0.39 is 0 Å². The van der Waals surface area contributed by atoms with E-state index in [1.165, 1.54) is 90.2 Å². The number of aromatic hydroxyl groups is 1. The molecule has 1 nitrogen and oxygen atoms in total. The standard InChI is InChI=1S/C28H30O/c1-3-9-20-18-10-4-5-11-19(18)22-16-24(29)21-12-8-13-23-26(21)27(22)25(20)17(2)28(23)14-6-7-15-28/h3,8-9,12-13,16,18-19,29H,2,4-7,10-11,14-15H2,1H3/b9-3-. The summed E-state index contributed by atoms with van der Waals surface area (Å²) in [6.45, 7) is 6.95. The van der Waals surface area contributed by atoms with Crippen LogP contribution in [0.5, 0.6) is 5.75 Å². The van der Waals surface area contributed by atoms with E-state index in [2.05, 4.69) is 43.3 Å². The van der Waals surface area contributed by atoms with Crippen molar-refractivity contribution in [3.63, 3.8) is 0 Å². The highest BCUT2D eigenvalue weighted by molar-refractivity contribution is 6.09. The van der Waals surface area contributed by atoms with Crippen molar-refractivity contribution in [2.45, 2.75) is 69.6 Å². The summed E-state index contributed by atoms with van der Waals surface area (Å²) in [5.74, 6) is 1.57. The Balaban J connectivity index is 1.82. The van der Waals surface area contributed by atoms with Crippen LogP contribution in [0.4, 0.5) is 0 Å². The molecule has 0 saturated heterocycles. The van der Waals surface area contributed by atoms with Crippen LogP contribution in [0.25, 0.3) is 16.3 Å². The van der Waals surface area contributed by atoms with Gasteiger partial charge in [0.2, 0.25) is 0 Å². The molecule has 4 aliphatic carbocycles. The highest BCUT2D eigenvalue weighted by Gasteiger charge is 2.48. The van der Waals surface area contributed by atoms with Gasteiger partial charge >= 0.3 is 0 Å². The van der Waals surface area contributed by atoms with Gasteiger partial charge in [-0.3, -0.25) is 0 Å². The summed E-state index contributed by atoms with van der Waals surface area (Å²) in [5, 5.41) is 13.4. The largest absolute Gasteiger partial charge is 0.507 e. The predicted molar refractivity (Wildman–Crippen MR) is 121 cm³/mol. The first-order valence-electron chi connectivity index (χ1n) is 11.5. The summed E-state index contributed by atoms with van der Waals surface area (Å²) >= 11 is 0. The maximum Gasteiger partial charge on any atom is 0.123 e. The molecule has 0 amide bonds. The minimum atomic E-state index is 0.0568. The van der Waals surface area contributed by atoms with Crippen LogP contribution in [-0.2, 0) is 5.41 Å². The molecule has 2 saturated carbocycles. The zero-order valence-electron chi connectivity index (χ0n) is 17.4. The third-order valence-corrected chi connectivity index (χ3v) is 8.47. The van der Waals surface area contributed by atoms with E-state index >= 15 is 0 Å². The van der Waals surface area contributed by atoms with Gasteiger partial charge < -0.3 is 5.11 Å². The molecule has 6 rings (SSSR count). The van der Waals surface area contributed by atoms with E-state index in [1.54, 1.807) is 0 Å². The second-order valence-corrected chi connectivity index (χ2v) is 9.68. The molecule has 2 unspecified atom stereocenters. The molecule has 4 aliphatic rings. The molecular formula is C28H30O. The van der Waals surface area contributed by atoms with Crippen molar-refractivity contribution in [1.29, 1.82) is 0 Å². The topological polar surface area (TPSA) is 20.2 Å². The first kappa shape index (κ1) is 17.6. The molecule has 0 aromatic heterocycles. The molecule has 1 heteroatoms. The van der Waals surface area contributed by atoms with Gasteiger partial charge in [-0.1, -0.05) is 62.6 Å². The van der Waals surface area contributed by atoms with Gasteiger partial charge in [0.05, 0.1) is 0 Å². The molecule has 2 fully saturated rings. The van der Waals surface area contributed by atoms with Crippen molar-refractivity contribution in [1.82, 2.24) is 0 Å². The lowest BCUT2D eigenvalue weighted by molar-refractivity contribution is 0.346. The van der Waals surface area contributed by atoms with E-state index in [1.807, 2.05) is 0 Å². The number of hydrogen-bond donors (Lipinski definition) is 1. The molecule has 2 aromatic rings. The third-order valence-electron chi connectivity index (χ3n) is 8.47. The van der Waals surface area contributed by atoms with Crippen LogP contribution >= 0.6 is 0 Å². The van der Waals surface area contributed by atoms with Crippen molar-refractivity contribution < 1.29 is 5.11 Å². The minimum absolute atomic E-state index is 0.0568. The lowest BCUT2D eigenvalue weighted by Gasteiger charge is -2.47. The Hall–Kier alpha value is -2.28. The Morgan fingerprint density at radius 3 is 2.59 bits per heavy atom. The van der Waals surface area contributed by atoms with Crippen LogP contribution in [0.1, 0.15) is 80.9 Å². The van der Waals surface area contributed by atoms with Gasteiger partial charge in [0.1, 0.15) is 5.75 Å². The van der Waals surface area contributed by atoms with Gasteiger partial charge in [-0.2, -0.15) is 0 Å². The lowest BCUT2D eigenvalue weighted by atomic mass is 9.56. The average molecular weight is 383 g/mol. The van der Waals surface area contributed by atoms with Crippen LogP contribution in [-0.4, -0.2) is 5.11 Å². The second kappa shape index (κ2) is 6.11. The highest BCUT2D eigenvalue weighted by Crippen LogP contribution is 2.63. The van der Waals surface area contributed by atoms with Crippen LogP contribution in [0.3, 0.4) is 0 Å². The predicted octanol–water partition coefficient (Wildman–Crippen LogP) is 7.54. The number of rotatable bonds is 1. The van der Waals surface area contributed by atoms with Crippen molar-refractivity contribution in [3.8, 4) is 5.75 Å². The van der Waals surface area contributed by atoms with Crippen molar-refractivity contribution in [2.75, 3.05) is 0 Å². The fourth-order valence-corrected chi connectivity index (χ4v) is 7.31. The molecule has 2 atom stereocenters. The van der Waals surface area contributed by atoms with Crippen LogP contribution in [0, 0.1) is 5.92 Å². The molecule has 148 valence electrons. The Bertz CT molecular complexity index is 1110. The van der Waals surface area contributed by atoms with Crippen molar-refractivity contribution >= 4 is 16.3 Å². The smallest absolute Gasteiger partial charge is 0.123 e. The third kappa shape index (κ3) is 2.11. The minimum Gasteiger partial charge on any atom is -0.507 e. The van der Waals surface area contributed by atoms with Gasteiger partial charge in [0.25, 0.3) is 0 Å². The molecule has 0 aliphatic heterocycles. The molecule has 2 aromatic carbocycles. The Morgan fingerprint density at radius 2 is 1.83 bits per heavy atom. The number of fused-ring (bicyclic) bond motifs is 3. The summed E-state index contributed by atoms with van der Waals surface area (Å²) < 4.78 is 0. The first-order valence-corrected chi connectivity index (χ1v) is 11.5. The molecule has 0 bridgehead atoms. The van der Waals surface area contributed by atoms with Crippen LogP contribution < -0.4 is 0 Å². The molecular weight excluding hydrogens is 352 g/mol. The normalized spacial score (nSPS) is 27.3. The summed E-state index contributed by atoms with van der Waals surface area (Å²) in [6.07, 6.45) is 14.6. The summed E-state index contributed by atoms with van der Waals surface area (Å²) in [5.41, 5.74) is 8.62. The SMILES string of the molecule is C=C1C2=C(/C=C\C)C3CCCCC3c3cc(O)c4cccc(c4c32)C12CCCC2. The zero-order chi connectivity index (χ0) is 19.8. The second-order valence-electron chi connectivity index (χ2n) is 9.68. The summed E-state index contributed by atoms with van der Waals surface area (Å²) in [4.78, 5) is 0. The van der Waals surface area contributed by atoms with Crippen molar-refractivity contribution in [2.24, 2.45) is 5.92 Å². The zero-order valence-corrected chi connectivity index (χ0v) is 17.4. The van der Waals surface area contributed by atoms with E-state index in [0.717, 1.165) is 5.39 Å². The number of phenolic OH excluding ortho intramolecular Hbond substituents is 1. The molecule has 1 N–H and O–H groups in total. The fourth-order valence-electron chi connectivity index (χ4n) is 7.31. The highest BCUT2D eigenvalue weighted by atomic mass is 16.3. The maximum absolute atomic E-state index is 11.1. The van der Waals surface area contributed by atoms with Gasteiger partial charge in [0.15, 0.2) is 0 Å². The van der Waals surface area contributed by atoms with Gasteiger partial charge in [-0.15, -0.1) is 0 Å².